The van der Waals surface area contributed by atoms with Gasteiger partial charge in [0.05, 0.1) is 0 Å². The molecule has 0 aliphatic rings. The summed E-state index contributed by atoms with van der Waals surface area (Å²) in [6.45, 7) is 10.5. The highest BCUT2D eigenvalue weighted by atomic mass is 35.5. The van der Waals surface area contributed by atoms with Crippen molar-refractivity contribution in [1.29, 1.82) is 0 Å². The maximum absolute atomic E-state index is 12.4. The number of rotatable bonds is 3. The number of amides is 1. The van der Waals surface area contributed by atoms with Gasteiger partial charge in [-0.25, -0.2) is 9.59 Å². The molecule has 0 radical (unpaired) electrons. The molecule has 0 saturated heterocycles. The van der Waals surface area contributed by atoms with E-state index in [1.54, 1.807) is 65.8 Å². The molecule has 0 aliphatic heterocycles. The number of benzene rings is 1. The first-order valence-electron chi connectivity index (χ1n) is 7.35. The highest BCUT2D eigenvalue weighted by Gasteiger charge is 2.29. The van der Waals surface area contributed by atoms with E-state index in [-0.39, 0.29) is 0 Å². The highest BCUT2D eigenvalue weighted by molar-refractivity contribution is 6.30. The average molecular weight is 342 g/mol. The molecule has 6 heteroatoms. The summed E-state index contributed by atoms with van der Waals surface area (Å²) in [6.07, 6.45) is -0.691. The van der Waals surface area contributed by atoms with Gasteiger partial charge in [0.1, 0.15) is 11.2 Å². The fraction of sp³-hybridized carbons (Fsp3) is 0.529. The summed E-state index contributed by atoms with van der Waals surface area (Å²) in [7, 11) is 0. The largest absolute Gasteiger partial charge is 0.458 e. The zero-order chi connectivity index (χ0) is 17.8. The Morgan fingerprint density at radius 1 is 0.957 bits per heavy atom. The smallest absolute Gasteiger partial charge is 0.408 e. The summed E-state index contributed by atoms with van der Waals surface area (Å²) in [5.74, 6) is -0.564. The van der Waals surface area contributed by atoms with Gasteiger partial charge in [0.2, 0.25) is 0 Å². The molecule has 0 spiro atoms. The van der Waals surface area contributed by atoms with Crippen molar-refractivity contribution in [3.8, 4) is 0 Å². The molecule has 1 unspecified atom stereocenters. The number of hydrogen-bond donors (Lipinski definition) is 1. The van der Waals surface area contributed by atoms with Gasteiger partial charge in [-0.05, 0) is 59.2 Å². The monoisotopic (exact) mass is 341 g/mol. The van der Waals surface area contributed by atoms with Crippen LogP contribution >= 0.6 is 11.6 Å². The van der Waals surface area contributed by atoms with Gasteiger partial charge in [-0.1, -0.05) is 23.7 Å². The molecular weight excluding hydrogens is 318 g/mol. The van der Waals surface area contributed by atoms with Crippen molar-refractivity contribution in [1.82, 2.24) is 5.32 Å². The molecule has 0 saturated carbocycles. The minimum absolute atomic E-state index is 0.536. The SMILES string of the molecule is CC(C)(C)OC(=O)NC(C(=O)OC(C)(C)C)c1ccc(Cl)cc1. The summed E-state index contributed by atoms with van der Waals surface area (Å²) in [5.41, 5.74) is -0.769. The Balaban J connectivity index is 2.99. The van der Waals surface area contributed by atoms with Crippen LogP contribution in [0.1, 0.15) is 53.1 Å². The van der Waals surface area contributed by atoms with Crippen molar-refractivity contribution in [2.24, 2.45) is 0 Å². The molecule has 1 amide bonds. The van der Waals surface area contributed by atoms with Gasteiger partial charge in [0.15, 0.2) is 6.04 Å². The number of ether oxygens (including phenoxy) is 2. The molecule has 1 rings (SSSR count). The van der Waals surface area contributed by atoms with E-state index in [2.05, 4.69) is 5.32 Å². The molecule has 5 nitrogen and oxygen atoms in total. The second-order valence-corrected chi connectivity index (χ2v) is 7.60. The Hall–Kier alpha value is -1.75. The molecule has 1 aromatic carbocycles. The van der Waals surface area contributed by atoms with Crippen molar-refractivity contribution in [3.63, 3.8) is 0 Å². The molecule has 0 heterocycles. The van der Waals surface area contributed by atoms with Crippen LogP contribution in [0.25, 0.3) is 0 Å². The van der Waals surface area contributed by atoms with Crippen LogP contribution in [-0.2, 0) is 14.3 Å². The molecule has 23 heavy (non-hydrogen) atoms. The van der Waals surface area contributed by atoms with Crippen molar-refractivity contribution < 1.29 is 19.1 Å². The van der Waals surface area contributed by atoms with E-state index in [1.807, 2.05) is 0 Å². The second kappa shape index (κ2) is 7.21. The summed E-state index contributed by atoms with van der Waals surface area (Å²) >= 11 is 5.87. The summed E-state index contributed by atoms with van der Waals surface area (Å²) in [4.78, 5) is 24.4. The predicted molar refractivity (Wildman–Crippen MR) is 89.4 cm³/mol. The molecule has 0 aliphatic carbocycles. The lowest BCUT2D eigenvalue weighted by atomic mass is 10.1. The topological polar surface area (TPSA) is 64.6 Å². The lowest BCUT2D eigenvalue weighted by Gasteiger charge is -2.26. The third-order valence-corrected chi connectivity index (χ3v) is 2.76. The van der Waals surface area contributed by atoms with Gasteiger partial charge >= 0.3 is 12.1 Å². The van der Waals surface area contributed by atoms with Gasteiger partial charge in [-0.2, -0.15) is 0 Å². The summed E-state index contributed by atoms with van der Waals surface area (Å²) < 4.78 is 10.6. The second-order valence-electron chi connectivity index (χ2n) is 7.16. The number of halogens is 1. The zero-order valence-corrected chi connectivity index (χ0v) is 15.2. The number of carbonyl (C=O) groups is 2. The first-order chi connectivity index (χ1) is 10.4. The van der Waals surface area contributed by atoms with Crippen LogP contribution in [0.15, 0.2) is 24.3 Å². The predicted octanol–water partition coefficient (Wildman–Crippen LogP) is 4.25. The molecular formula is C17H24ClNO4. The van der Waals surface area contributed by atoms with E-state index in [0.29, 0.717) is 10.6 Å². The molecule has 1 aromatic rings. The lowest BCUT2D eigenvalue weighted by Crippen LogP contribution is -2.40. The lowest BCUT2D eigenvalue weighted by molar-refractivity contribution is -0.157. The van der Waals surface area contributed by atoms with Crippen molar-refractivity contribution in [2.45, 2.75) is 58.8 Å². The van der Waals surface area contributed by atoms with Crippen LogP contribution in [0.2, 0.25) is 5.02 Å². The van der Waals surface area contributed by atoms with Crippen LogP contribution in [0.3, 0.4) is 0 Å². The standard InChI is InChI=1S/C17H24ClNO4/c1-16(2,3)22-14(20)13(11-7-9-12(18)10-8-11)19-15(21)23-17(4,5)6/h7-10,13H,1-6H3,(H,19,21). The van der Waals surface area contributed by atoms with E-state index >= 15 is 0 Å². The normalized spacial score (nSPS) is 13.2. The quantitative estimate of drug-likeness (QED) is 0.835. The maximum Gasteiger partial charge on any atom is 0.408 e. The first kappa shape index (κ1) is 19.3. The molecule has 0 bridgehead atoms. The third kappa shape index (κ3) is 7.37. The first-order valence-corrected chi connectivity index (χ1v) is 7.73. The van der Waals surface area contributed by atoms with Gasteiger partial charge in [0, 0.05) is 5.02 Å². The minimum Gasteiger partial charge on any atom is -0.458 e. The number of nitrogens with one attached hydrogen (secondary N) is 1. The van der Waals surface area contributed by atoms with Crippen LogP contribution in [0.4, 0.5) is 4.79 Å². The van der Waals surface area contributed by atoms with Crippen molar-refractivity contribution in [2.75, 3.05) is 0 Å². The van der Waals surface area contributed by atoms with Crippen LogP contribution < -0.4 is 5.32 Å². The maximum atomic E-state index is 12.4. The molecule has 0 fully saturated rings. The Bertz CT molecular complexity index is 555. The van der Waals surface area contributed by atoms with Crippen LogP contribution in [0.5, 0.6) is 0 Å². The minimum atomic E-state index is -0.971. The van der Waals surface area contributed by atoms with Gasteiger partial charge < -0.3 is 14.8 Å². The zero-order valence-electron chi connectivity index (χ0n) is 14.4. The van der Waals surface area contributed by atoms with Gasteiger partial charge in [0.25, 0.3) is 0 Å². The number of esters is 1. The third-order valence-electron chi connectivity index (χ3n) is 2.51. The van der Waals surface area contributed by atoms with E-state index < -0.39 is 29.3 Å². The fourth-order valence-corrected chi connectivity index (χ4v) is 1.85. The molecule has 128 valence electrons. The van der Waals surface area contributed by atoms with E-state index in [4.69, 9.17) is 21.1 Å². The number of alkyl carbamates (subject to hydrolysis) is 1. The summed E-state index contributed by atoms with van der Waals surface area (Å²) in [6, 6.07) is 5.64. The molecule has 0 aromatic heterocycles. The summed E-state index contributed by atoms with van der Waals surface area (Å²) in [5, 5.41) is 3.09. The molecule has 1 atom stereocenters. The number of hydrogen-bond acceptors (Lipinski definition) is 4. The van der Waals surface area contributed by atoms with E-state index in [0.717, 1.165) is 0 Å². The van der Waals surface area contributed by atoms with E-state index in [1.165, 1.54) is 0 Å². The van der Waals surface area contributed by atoms with E-state index in [9.17, 15) is 9.59 Å². The fourth-order valence-electron chi connectivity index (χ4n) is 1.72. The van der Waals surface area contributed by atoms with Gasteiger partial charge in [-0.15, -0.1) is 0 Å². The van der Waals surface area contributed by atoms with Crippen LogP contribution in [0, 0.1) is 0 Å². The van der Waals surface area contributed by atoms with Crippen molar-refractivity contribution >= 4 is 23.7 Å². The van der Waals surface area contributed by atoms with Gasteiger partial charge in [-0.3, -0.25) is 0 Å². The number of carbonyl (C=O) groups excluding carboxylic acids is 2. The Morgan fingerprint density at radius 2 is 1.43 bits per heavy atom. The van der Waals surface area contributed by atoms with Crippen LogP contribution in [-0.4, -0.2) is 23.3 Å². The molecule has 1 N–H and O–H groups in total. The average Bonchev–Trinajstić information content (AvgIpc) is 2.33. The van der Waals surface area contributed by atoms with Crippen molar-refractivity contribution in [3.05, 3.63) is 34.9 Å². The Labute approximate surface area is 142 Å². The Morgan fingerprint density at radius 3 is 1.87 bits per heavy atom. The Kier molecular flexibility index (Phi) is 6.05. The highest BCUT2D eigenvalue weighted by Crippen LogP contribution is 2.21.